The molecule has 7 heteroatoms. The molecular weight excluding hydrogens is 213 g/mol. The van der Waals surface area contributed by atoms with E-state index < -0.39 is 11.7 Å². The highest BCUT2D eigenvalue weighted by Crippen LogP contribution is 2.08. The molecule has 0 atom stereocenters. The van der Waals surface area contributed by atoms with Crippen LogP contribution in [0.4, 0.5) is 10.1 Å². The Morgan fingerprint density at radius 3 is 2.94 bits per heavy atom. The summed E-state index contributed by atoms with van der Waals surface area (Å²) in [6.45, 7) is 0. The first-order valence-corrected chi connectivity index (χ1v) is 4.40. The van der Waals surface area contributed by atoms with Gasteiger partial charge in [-0.1, -0.05) is 6.07 Å². The maximum absolute atomic E-state index is 12.8. The molecule has 1 heterocycles. The number of hydrogen-bond acceptors (Lipinski definition) is 5. The van der Waals surface area contributed by atoms with E-state index in [9.17, 15) is 9.18 Å². The van der Waals surface area contributed by atoms with Crippen LogP contribution in [0.1, 0.15) is 0 Å². The lowest BCUT2D eigenvalue weighted by molar-refractivity contribution is -0.114. The number of halogens is 1. The summed E-state index contributed by atoms with van der Waals surface area (Å²) in [4.78, 5) is 11.1. The zero-order valence-electron chi connectivity index (χ0n) is 8.07. The van der Waals surface area contributed by atoms with Gasteiger partial charge in [-0.3, -0.25) is 10.2 Å². The van der Waals surface area contributed by atoms with Gasteiger partial charge in [0.2, 0.25) is 0 Å². The normalized spacial score (nSPS) is 17.2. The number of nitrogens with one attached hydrogen (secondary N) is 2. The van der Waals surface area contributed by atoms with Gasteiger partial charge in [0.15, 0.2) is 11.5 Å². The topological polar surface area (TPSA) is 91.9 Å². The average molecular weight is 221 g/mol. The number of amidine groups is 1. The summed E-state index contributed by atoms with van der Waals surface area (Å²) in [6, 6.07) is 5.66. The molecule has 0 saturated carbocycles. The van der Waals surface area contributed by atoms with Gasteiger partial charge in [-0.2, -0.15) is 10.2 Å². The monoisotopic (exact) mass is 221 g/mol. The van der Waals surface area contributed by atoms with Crippen LogP contribution in [0.2, 0.25) is 0 Å². The second kappa shape index (κ2) is 3.97. The fourth-order valence-corrected chi connectivity index (χ4v) is 1.12. The highest BCUT2D eigenvalue weighted by molar-refractivity contribution is 6.68. The van der Waals surface area contributed by atoms with Crippen LogP contribution in [0, 0.1) is 5.82 Å². The fraction of sp³-hybridized carbons (Fsp3) is 0. The molecule has 82 valence electrons. The van der Waals surface area contributed by atoms with Gasteiger partial charge in [0, 0.05) is 0 Å². The quantitative estimate of drug-likeness (QED) is 0.613. The van der Waals surface area contributed by atoms with Gasteiger partial charge in [0.05, 0.1) is 5.69 Å². The molecule has 6 nitrogen and oxygen atoms in total. The highest BCUT2D eigenvalue weighted by Gasteiger charge is 2.21. The van der Waals surface area contributed by atoms with Gasteiger partial charge in [-0.15, -0.1) is 0 Å². The van der Waals surface area contributed by atoms with Gasteiger partial charge in [0.1, 0.15) is 5.82 Å². The van der Waals surface area contributed by atoms with Gasteiger partial charge >= 0.3 is 0 Å². The Bertz CT molecular complexity index is 496. The minimum atomic E-state index is -0.499. The number of amides is 1. The molecule has 0 fully saturated rings. The largest absolute Gasteiger partial charge is 0.380 e. The van der Waals surface area contributed by atoms with Gasteiger partial charge < -0.3 is 5.73 Å². The van der Waals surface area contributed by atoms with Crippen molar-refractivity contribution in [2.45, 2.75) is 0 Å². The molecule has 1 aliphatic rings. The Balaban J connectivity index is 2.15. The number of rotatable bonds is 2. The SMILES string of the molecule is NC1=NNC(=O)/C1=N/Nc1cccc(F)c1. The Morgan fingerprint density at radius 2 is 2.31 bits per heavy atom. The van der Waals surface area contributed by atoms with Gasteiger partial charge in [0.25, 0.3) is 5.91 Å². The lowest BCUT2D eigenvalue weighted by Crippen LogP contribution is -2.28. The average Bonchev–Trinajstić information content (AvgIpc) is 2.56. The molecule has 1 aromatic carbocycles. The van der Waals surface area contributed by atoms with Crippen LogP contribution in [-0.2, 0) is 4.79 Å². The summed E-state index contributed by atoms with van der Waals surface area (Å²) in [5.74, 6) is -0.905. The molecule has 0 aliphatic carbocycles. The standard InChI is InChI=1S/C9H8FN5O/c10-5-2-1-3-6(4-5)12-13-7-8(11)14-15-9(7)16/h1-4,12H,(H3,11,13,14,15,16). The van der Waals surface area contributed by atoms with E-state index in [1.807, 2.05) is 0 Å². The summed E-state index contributed by atoms with van der Waals surface area (Å²) in [7, 11) is 0. The number of hydrazone groups is 2. The highest BCUT2D eigenvalue weighted by atomic mass is 19.1. The summed E-state index contributed by atoms with van der Waals surface area (Å²) in [5, 5.41) is 7.21. The number of nitrogens with two attached hydrogens (primary N) is 1. The number of carbonyl (C=O) groups excluding carboxylic acids is 1. The first kappa shape index (κ1) is 10.1. The smallest absolute Gasteiger partial charge is 0.295 e. The van der Waals surface area contributed by atoms with E-state index >= 15 is 0 Å². The van der Waals surface area contributed by atoms with Crippen molar-refractivity contribution in [3.63, 3.8) is 0 Å². The maximum Gasteiger partial charge on any atom is 0.295 e. The molecule has 2 rings (SSSR count). The molecule has 0 unspecified atom stereocenters. The van der Waals surface area contributed by atoms with E-state index in [4.69, 9.17) is 5.73 Å². The Hall–Kier alpha value is -2.44. The molecule has 1 amide bonds. The summed E-state index contributed by atoms with van der Waals surface area (Å²) >= 11 is 0. The van der Waals surface area contributed by atoms with Gasteiger partial charge in [-0.25, -0.2) is 9.82 Å². The Morgan fingerprint density at radius 1 is 1.50 bits per heavy atom. The molecule has 0 saturated heterocycles. The predicted octanol–water partition coefficient (Wildman–Crippen LogP) is -0.00440. The van der Waals surface area contributed by atoms with Crippen molar-refractivity contribution in [3.05, 3.63) is 30.1 Å². The number of anilines is 1. The number of carbonyl (C=O) groups is 1. The van der Waals surface area contributed by atoms with Crippen LogP contribution in [-0.4, -0.2) is 17.5 Å². The van der Waals surface area contributed by atoms with E-state index in [2.05, 4.69) is 21.1 Å². The van der Waals surface area contributed by atoms with Crippen LogP contribution in [0.5, 0.6) is 0 Å². The molecule has 1 aromatic rings. The van der Waals surface area contributed by atoms with Crippen molar-refractivity contribution in [3.8, 4) is 0 Å². The summed E-state index contributed by atoms with van der Waals surface area (Å²) < 4.78 is 12.8. The second-order valence-electron chi connectivity index (χ2n) is 3.02. The third-order valence-electron chi connectivity index (χ3n) is 1.86. The molecule has 0 spiro atoms. The molecule has 0 aromatic heterocycles. The molecule has 4 N–H and O–H groups in total. The minimum absolute atomic E-state index is 0.00565. The van der Waals surface area contributed by atoms with E-state index in [0.29, 0.717) is 5.69 Å². The first-order valence-electron chi connectivity index (χ1n) is 4.40. The zero-order chi connectivity index (χ0) is 11.5. The molecular formula is C9H8FN5O. The molecule has 0 radical (unpaired) electrons. The zero-order valence-corrected chi connectivity index (χ0v) is 8.07. The van der Waals surface area contributed by atoms with E-state index in [1.54, 1.807) is 6.07 Å². The van der Waals surface area contributed by atoms with E-state index in [0.717, 1.165) is 0 Å². The third kappa shape index (κ3) is 1.97. The van der Waals surface area contributed by atoms with Crippen LogP contribution in [0.3, 0.4) is 0 Å². The minimum Gasteiger partial charge on any atom is -0.380 e. The molecule has 0 bridgehead atoms. The van der Waals surface area contributed by atoms with E-state index in [-0.39, 0.29) is 11.5 Å². The molecule has 1 aliphatic heterocycles. The predicted molar refractivity (Wildman–Crippen MR) is 57.2 cm³/mol. The second-order valence-corrected chi connectivity index (χ2v) is 3.02. The fourth-order valence-electron chi connectivity index (χ4n) is 1.12. The lowest BCUT2D eigenvalue weighted by atomic mass is 10.3. The number of benzene rings is 1. The van der Waals surface area contributed by atoms with Crippen molar-refractivity contribution in [2.75, 3.05) is 5.43 Å². The van der Waals surface area contributed by atoms with E-state index in [1.165, 1.54) is 18.2 Å². The van der Waals surface area contributed by atoms with Crippen molar-refractivity contribution in [1.82, 2.24) is 5.43 Å². The van der Waals surface area contributed by atoms with Crippen molar-refractivity contribution in [2.24, 2.45) is 15.9 Å². The van der Waals surface area contributed by atoms with Crippen molar-refractivity contribution >= 4 is 23.1 Å². The third-order valence-corrected chi connectivity index (χ3v) is 1.86. The number of nitrogens with zero attached hydrogens (tertiary/aromatic N) is 2. The number of hydrogen-bond donors (Lipinski definition) is 3. The van der Waals surface area contributed by atoms with Crippen molar-refractivity contribution in [1.29, 1.82) is 0 Å². The summed E-state index contributed by atoms with van der Waals surface area (Å²) in [6.07, 6.45) is 0. The Kier molecular flexibility index (Phi) is 2.50. The van der Waals surface area contributed by atoms with Crippen molar-refractivity contribution < 1.29 is 9.18 Å². The maximum atomic E-state index is 12.8. The molecule has 16 heavy (non-hydrogen) atoms. The lowest BCUT2D eigenvalue weighted by Gasteiger charge is -2.00. The summed E-state index contributed by atoms with van der Waals surface area (Å²) in [5.41, 5.74) is 10.4. The first-order chi connectivity index (χ1) is 7.66. The van der Waals surface area contributed by atoms with Gasteiger partial charge in [-0.05, 0) is 18.2 Å². The van der Waals surface area contributed by atoms with Crippen LogP contribution in [0.25, 0.3) is 0 Å². The van der Waals surface area contributed by atoms with Crippen LogP contribution >= 0.6 is 0 Å². The Labute approximate surface area is 90.0 Å². The van der Waals surface area contributed by atoms with Crippen LogP contribution < -0.4 is 16.6 Å². The van der Waals surface area contributed by atoms with Crippen LogP contribution in [0.15, 0.2) is 34.5 Å².